The number of aliphatic hydroxyl groups excluding tert-OH is 1. The monoisotopic (exact) mass is 278 g/mol. The van der Waals surface area contributed by atoms with Crippen molar-refractivity contribution in [2.45, 2.75) is 18.4 Å². The minimum atomic E-state index is -3.84. The number of hydrogen-bond acceptors (Lipinski definition) is 4. The molecule has 2 aromatic carbocycles. The van der Waals surface area contributed by atoms with E-state index in [0.29, 0.717) is 5.56 Å². The smallest absolute Gasteiger partial charge is 0.339 e. The predicted molar refractivity (Wildman–Crippen MR) is 71.4 cm³/mol. The summed E-state index contributed by atoms with van der Waals surface area (Å²) in [6.45, 7) is 1.71. The van der Waals surface area contributed by atoms with Gasteiger partial charge < -0.3 is 9.29 Å². The molecular weight excluding hydrogens is 264 g/mol. The summed E-state index contributed by atoms with van der Waals surface area (Å²) < 4.78 is 29.1. The molecule has 0 radical (unpaired) electrons. The van der Waals surface area contributed by atoms with E-state index in [1.54, 1.807) is 24.3 Å². The first kappa shape index (κ1) is 13.6. The molecule has 0 fully saturated rings. The van der Waals surface area contributed by atoms with Crippen LogP contribution in [-0.2, 0) is 16.7 Å². The van der Waals surface area contributed by atoms with Crippen molar-refractivity contribution in [3.05, 3.63) is 59.7 Å². The molecule has 2 rings (SSSR count). The maximum Gasteiger partial charge on any atom is 0.339 e. The van der Waals surface area contributed by atoms with Crippen molar-refractivity contribution in [3.8, 4) is 5.75 Å². The second-order valence-corrected chi connectivity index (χ2v) is 5.70. The Hall–Kier alpha value is -1.85. The van der Waals surface area contributed by atoms with Crippen molar-refractivity contribution in [3.63, 3.8) is 0 Å². The summed E-state index contributed by atoms with van der Waals surface area (Å²) >= 11 is 0. The molecule has 0 aliphatic rings. The van der Waals surface area contributed by atoms with E-state index in [2.05, 4.69) is 0 Å². The highest BCUT2D eigenvalue weighted by atomic mass is 32.2. The van der Waals surface area contributed by atoms with Crippen molar-refractivity contribution in [2.75, 3.05) is 0 Å². The van der Waals surface area contributed by atoms with Crippen molar-refractivity contribution in [1.82, 2.24) is 0 Å². The van der Waals surface area contributed by atoms with Gasteiger partial charge in [0.25, 0.3) is 0 Å². The molecular formula is C14H14O4S. The van der Waals surface area contributed by atoms with Gasteiger partial charge in [-0.2, -0.15) is 8.42 Å². The predicted octanol–water partition coefficient (Wildman–Crippen LogP) is 2.26. The third kappa shape index (κ3) is 3.33. The highest BCUT2D eigenvalue weighted by molar-refractivity contribution is 7.87. The molecule has 0 spiro atoms. The summed E-state index contributed by atoms with van der Waals surface area (Å²) in [6.07, 6.45) is 0. The Morgan fingerprint density at radius 1 is 1.11 bits per heavy atom. The maximum atomic E-state index is 12.0. The van der Waals surface area contributed by atoms with Crippen LogP contribution in [0, 0.1) is 6.92 Å². The van der Waals surface area contributed by atoms with E-state index in [0.717, 1.165) is 5.56 Å². The van der Waals surface area contributed by atoms with Crippen LogP contribution in [0.2, 0.25) is 0 Å². The third-order valence-corrected chi connectivity index (χ3v) is 3.86. The van der Waals surface area contributed by atoms with Gasteiger partial charge >= 0.3 is 10.1 Å². The molecule has 0 saturated carbocycles. The topological polar surface area (TPSA) is 63.6 Å². The molecule has 0 saturated heterocycles. The molecule has 100 valence electrons. The van der Waals surface area contributed by atoms with Gasteiger partial charge in [0.05, 0.1) is 6.61 Å². The number of rotatable bonds is 4. The lowest BCUT2D eigenvalue weighted by Crippen LogP contribution is -2.09. The van der Waals surface area contributed by atoms with Crippen molar-refractivity contribution >= 4 is 10.1 Å². The van der Waals surface area contributed by atoms with Gasteiger partial charge in [0.15, 0.2) is 0 Å². The first-order valence-electron chi connectivity index (χ1n) is 5.72. The second kappa shape index (κ2) is 5.42. The van der Waals surface area contributed by atoms with Crippen molar-refractivity contribution in [2.24, 2.45) is 0 Å². The highest BCUT2D eigenvalue weighted by Crippen LogP contribution is 2.20. The summed E-state index contributed by atoms with van der Waals surface area (Å²) in [5.41, 5.74) is 1.57. The Balaban J connectivity index is 2.28. The van der Waals surface area contributed by atoms with Crippen molar-refractivity contribution in [1.29, 1.82) is 0 Å². The van der Waals surface area contributed by atoms with Crippen molar-refractivity contribution < 1.29 is 17.7 Å². The lowest BCUT2D eigenvalue weighted by molar-refractivity contribution is 0.281. The molecule has 2 aromatic rings. The number of benzene rings is 2. The van der Waals surface area contributed by atoms with Gasteiger partial charge in [-0.15, -0.1) is 0 Å². The van der Waals surface area contributed by atoms with E-state index in [4.69, 9.17) is 9.29 Å². The summed E-state index contributed by atoms with van der Waals surface area (Å²) in [5.74, 6) is 0.187. The zero-order valence-electron chi connectivity index (χ0n) is 10.4. The van der Waals surface area contributed by atoms with E-state index in [-0.39, 0.29) is 17.3 Å². The minimum Gasteiger partial charge on any atom is -0.392 e. The van der Waals surface area contributed by atoms with Crippen LogP contribution in [0.4, 0.5) is 0 Å². The molecule has 0 aliphatic heterocycles. The fourth-order valence-corrected chi connectivity index (χ4v) is 2.50. The first-order chi connectivity index (χ1) is 9.01. The normalized spacial score (nSPS) is 11.3. The average molecular weight is 278 g/mol. The number of aryl methyl sites for hydroxylation is 1. The van der Waals surface area contributed by atoms with Crippen LogP contribution in [-0.4, -0.2) is 13.5 Å². The second-order valence-electron chi connectivity index (χ2n) is 4.16. The molecule has 0 aliphatic carbocycles. The molecule has 0 amide bonds. The average Bonchev–Trinajstić information content (AvgIpc) is 2.39. The lowest BCUT2D eigenvalue weighted by Gasteiger charge is -2.08. The van der Waals surface area contributed by atoms with Gasteiger partial charge in [-0.1, -0.05) is 29.8 Å². The Kier molecular flexibility index (Phi) is 3.87. The van der Waals surface area contributed by atoms with Gasteiger partial charge in [0.1, 0.15) is 10.6 Å². The largest absolute Gasteiger partial charge is 0.392 e. The molecule has 0 heterocycles. The van der Waals surface area contributed by atoms with Crippen LogP contribution in [0.25, 0.3) is 0 Å². The van der Waals surface area contributed by atoms with E-state index in [1.165, 1.54) is 24.3 Å². The van der Waals surface area contributed by atoms with Gasteiger partial charge in [0, 0.05) is 0 Å². The molecule has 0 aromatic heterocycles. The van der Waals surface area contributed by atoms with Crippen LogP contribution in [0.3, 0.4) is 0 Å². The fourth-order valence-electron chi connectivity index (χ4n) is 1.58. The van der Waals surface area contributed by atoms with E-state index in [1.807, 2.05) is 6.92 Å². The zero-order valence-corrected chi connectivity index (χ0v) is 11.2. The van der Waals surface area contributed by atoms with Gasteiger partial charge in [0.2, 0.25) is 0 Å². The minimum absolute atomic E-state index is 0.104. The van der Waals surface area contributed by atoms with E-state index in [9.17, 15) is 8.42 Å². The van der Waals surface area contributed by atoms with Gasteiger partial charge in [-0.3, -0.25) is 0 Å². The molecule has 0 unspecified atom stereocenters. The fraction of sp³-hybridized carbons (Fsp3) is 0.143. The highest BCUT2D eigenvalue weighted by Gasteiger charge is 2.16. The Bertz CT molecular complexity index is 660. The Morgan fingerprint density at radius 2 is 1.79 bits per heavy atom. The molecule has 4 nitrogen and oxygen atoms in total. The lowest BCUT2D eigenvalue weighted by atomic mass is 10.2. The Labute approximate surface area is 112 Å². The molecule has 0 atom stereocenters. The van der Waals surface area contributed by atoms with Crippen LogP contribution in [0.15, 0.2) is 53.4 Å². The first-order valence-corrected chi connectivity index (χ1v) is 7.13. The summed E-state index contributed by atoms with van der Waals surface area (Å²) in [7, 11) is -3.84. The third-order valence-electron chi connectivity index (χ3n) is 2.60. The zero-order chi connectivity index (χ0) is 13.9. The van der Waals surface area contributed by atoms with Gasteiger partial charge in [-0.05, 0) is 36.8 Å². The molecule has 0 bridgehead atoms. The van der Waals surface area contributed by atoms with E-state index >= 15 is 0 Å². The standard InChI is InChI=1S/C14H14O4S/c1-11-5-7-14(8-6-11)19(16,17)18-13-4-2-3-12(9-13)10-15/h2-9,15H,10H2,1H3. The van der Waals surface area contributed by atoms with Crippen LogP contribution in [0.5, 0.6) is 5.75 Å². The maximum absolute atomic E-state index is 12.0. The van der Waals surface area contributed by atoms with Gasteiger partial charge in [-0.25, -0.2) is 0 Å². The van der Waals surface area contributed by atoms with E-state index < -0.39 is 10.1 Å². The quantitative estimate of drug-likeness (QED) is 0.871. The SMILES string of the molecule is Cc1ccc(S(=O)(=O)Oc2cccc(CO)c2)cc1. The summed E-state index contributed by atoms with van der Waals surface area (Å²) in [6, 6.07) is 12.8. The summed E-state index contributed by atoms with van der Waals surface area (Å²) in [5, 5.41) is 9.00. The molecule has 1 N–H and O–H groups in total. The summed E-state index contributed by atoms with van der Waals surface area (Å²) in [4.78, 5) is 0.104. The number of hydrogen-bond donors (Lipinski definition) is 1. The van der Waals surface area contributed by atoms with Crippen LogP contribution >= 0.6 is 0 Å². The van der Waals surface area contributed by atoms with Crippen LogP contribution in [0.1, 0.15) is 11.1 Å². The van der Waals surface area contributed by atoms with Crippen LogP contribution < -0.4 is 4.18 Å². The molecule has 5 heteroatoms. The molecule has 19 heavy (non-hydrogen) atoms. The number of aliphatic hydroxyl groups is 1. The Morgan fingerprint density at radius 3 is 2.42 bits per heavy atom.